The number of thioether (sulfide) groups is 1. The zero-order valence-corrected chi connectivity index (χ0v) is 15.3. The van der Waals surface area contributed by atoms with Crippen LogP contribution >= 0.6 is 24.2 Å². The summed E-state index contributed by atoms with van der Waals surface area (Å²) in [5, 5.41) is 3.12. The maximum Gasteiger partial charge on any atom is 0.243 e. The summed E-state index contributed by atoms with van der Waals surface area (Å²) in [6, 6.07) is 0.172. The lowest BCUT2D eigenvalue weighted by Gasteiger charge is -2.32. The van der Waals surface area contributed by atoms with Gasteiger partial charge in [0.05, 0.1) is 5.88 Å². The van der Waals surface area contributed by atoms with Crippen LogP contribution in [0.3, 0.4) is 0 Å². The van der Waals surface area contributed by atoms with Gasteiger partial charge in [-0.25, -0.2) is 0 Å². The highest BCUT2D eigenvalue weighted by Crippen LogP contribution is 2.28. The summed E-state index contributed by atoms with van der Waals surface area (Å²) in [5.41, 5.74) is 5.45. The van der Waals surface area contributed by atoms with Crippen molar-refractivity contribution < 1.29 is 9.59 Å². The third kappa shape index (κ3) is 4.77. The van der Waals surface area contributed by atoms with E-state index in [9.17, 15) is 9.59 Å². The first-order chi connectivity index (χ1) is 9.79. The molecule has 0 bridgehead atoms. The molecule has 0 aromatic rings. The molecule has 1 aliphatic heterocycles. The Balaban J connectivity index is 0.00000242. The van der Waals surface area contributed by atoms with Crippen LogP contribution in [-0.4, -0.2) is 46.5 Å². The Hall–Kier alpha value is -0.460. The third-order valence-electron chi connectivity index (χ3n) is 4.21. The molecular weight excluding hydrogens is 322 g/mol. The van der Waals surface area contributed by atoms with Gasteiger partial charge in [0.25, 0.3) is 0 Å². The van der Waals surface area contributed by atoms with Crippen LogP contribution in [0.4, 0.5) is 0 Å². The third-order valence-corrected chi connectivity index (χ3v) is 5.22. The minimum atomic E-state index is -0.443. The Morgan fingerprint density at radius 1 is 1.18 bits per heavy atom. The fourth-order valence-corrected chi connectivity index (χ4v) is 4.01. The number of halogens is 1. The van der Waals surface area contributed by atoms with Crippen LogP contribution in [0.15, 0.2) is 0 Å². The number of rotatable bonds is 2. The molecule has 1 saturated heterocycles. The van der Waals surface area contributed by atoms with E-state index >= 15 is 0 Å². The second-order valence-corrected chi connectivity index (χ2v) is 8.16. The van der Waals surface area contributed by atoms with Crippen molar-refractivity contribution in [3.8, 4) is 0 Å². The number of carbonyl (C=O) groups is 2. The van der Waals surface area contributed by atoms with E-state index in [4.69, 9.17) is 5.73 Å². The molecular formula is C15H28ClN3O2S. The molecule has 2 rings (SSSR count). The molecule has 1 heterocycles. The normalized spacial score (nSPS) is 28.9. The average Bonchev–Trinajstić information content (AvgIpc) is 2.88. The zero-order chi connectivity index (χ0) is 15.6. The summed E-state index contributed by atoms with van der Waals surface area (Å²) in [4.78, 5) is 26.7. The SMILES string of the molecule is CC(C)(C)C(=O)N1CSCC1C(=O)NC1CCC(N)CC1.Cl. The number of hydrogen-bond acceptors (Lipinski definition) is 4. The van der Waals surface area contributed by atoms with Gasteiger partial charge in [0, 0.05) is 23.3 Å². The monoisotopic (exact) mass is 349 g/mol. The van der Waals surface area contributed by atoms with Gasteiger partial charge in [-0.1, -0.05) is 20.8 Å². The summed E-state index contributed by atoms with van der Waals surface area (Å²) in [7, 11) is 0. The largest absolute Gasteiger partial charge is 0.352 e. The van der Waals surface area contributed by atoms with E-state index in [1.165, 1.54) is 0 Å². The first kappa shape index (κ1) is 19.6. The first-order valence-electron chi connectivity index (χ1n) is 7.74. The molecule has 7 heteroatoms. The smallest absolute Gasteiger partial charge is 0.243 e. The molecule has 128 valence electrons. The van der Waals surface area contributed by atoms with Gasteiger partial charge in [-0.05, 0) is 25.7 Å². The van der Waals surface area contributed by atoms with Crippen molar-refractivity contribution in [2.45, 2.75) is 64.6 Å². The summed E-state index contributed by atoms with van der Waals surface area (Å²) >= 11 is 1.65. The number of nitrogens with two attached hydrogens (primary N) is 1. The Kier molecular flexibility index (Phi) is 7.02. The Morgan fingerprint density at radius 2 is 1.77 bits per heavy atom. The first-order valence-corrected chi connectivity index (χ1v) is 8.89. The van der Waals surface area contributed by atoms with Crippen LogP contribution in [-0.2, 0) is 9.59 Å². The van der Waals surface area contributed by atoms with E-state index in [1.54, 1.807) is 16.7 Å². The second kappa shape index (κ2) is 7.88. The van der Waals surface area contributed by atoms with Gasteiger partial charge in [0.15, 0.2) is 0 Å². The van der Waals surface area contributed by atoms with Gasteiger partial charge in [0.1, 0.15) is 6.04 Å². The number of nitrogens with zero attached hydrogens (tertiary/aromatic N) is 1. The number of hydrogen-bond donors (Lipinski definition) is 2. The summed E-state index contributed by atoms with van der Waals surface area (Å²) in [6.07, 6.45) is 3.82. The number of nitrogens with one attached hydrogen (secondary N) is 1. The molecule has 2 aliphatic rings. The molecule has 5 nitrogen and oxygen atoms in total. The molecule has 0 radical (unpaired) electrons. The fourth-order valence-electron chi connectivity index (χ4n) is 2.85. The average molecular weight is 350 g/mol. The maximum absolute atomic E-state index is 12.5. The topological polar surface area (TPSA) is 75.4 Å². The Bertz CT molecular complexity index is 406. The molecule has 0 spiro atoms. The molecule has 22 heavy (non-hydrogen) atoms. The molecule has 2 amide bonds. The molecule has 1 saturated carbocycles. The Morgan fingerprint density at radius 3 is 2.32 bits per heavy atom. The van der Waals surface area contributed by atoms with E-state index in [0.717, 1.165) is 25.7 Å². The predicted molar refractivity (Wildman–Crippen MR) is 93.0 cm³/mol. The van der Waals surface area contributed by atoms with Crippen LogP contribution in [0.1, 0.15) is 46.5 Å². The van der Waals surface area contributed by atoms with Crippen molar-refractivity contribution in [2.75, 3.05) is 11.6 Å². The summed E-state index contributed by atoms with van der Waals surface area (Å²) in [5.74, 6) is 1.36. The van der Waals surface area contributed by atoms with Gasteiger partial charge < -0.3 is 16.0 Å². The standard InChI is InChI=1S/C15H27N3O2S.ClH/c1-15(2,3)14(20)18-9-21-8-12(18)13(19)17-11-6-4-10(16)5-7-11;/h10-12H,4-9,16H2,1-3H3,(H,17,19);1H. The van der Waals surface area contributed by atoms with E-state index in [1.807, 2.05) is 20.8 Å². The van der Waals surface area contributed by atoms with E-state index in [0.29, 0.717) is 11.6 Å². The lowest BCUT2D eigenvalue weighted by Crippen LogP contribution is -2.53. The van der Waals surface area contributed by atoms with E-state index in [2.05, 4.69) is 5.32 Å². The quantitative estimate of drug-likeness (QED) is 0.796. The van der Waals surface area contributed by atoms with Crippen LogP contribution in [0, 0.1) is 5.41 Å². The van der Waals surface area contributed by atoms with E-state index < -0.39 is 5.41 Å². The van der Waals surface area contributed by atoms with Crippen LogP contribution in [0.2, 0.25) is 0 Å². The van der Waals surface area contributed by atoms with Gasteiger partial charge in [-0.3, -0.25) is 9.59 Å². The van der Waals surface area contributed by atoms with Crippen molar-refractivity contribution in [2.24, 2.45) is 11.1 Å². The van der Waals surface area contributed by atoms with Crippen LogP contribution in [0.25, 0.3) is 0 Å². The van der Waals surface area contributed by atoms with Crippen molar-refractivity contribution in [1.82, 2.24) is 10.2 Å². The zero-order valence-electron chi connectivity index (χ0n) is 13.6. The van der Waals surface area contributed by atoms with Crippen molar-refractivity contribution in [3.05, 3.63) is 0 Å². The van der Waals surface area contributed by atoms with Crippen LogP contribution in [0.5, 0.6) is 0 Å². The van der Waals surface area contributed by atoms with Gasteiger partial charge in [-0.2, -0.15) is 0 Å². The lowest BCUT2D eigenvalue weighted by atomic mass is 9.91. The van der Waals surface area contributed by atoms with Crippen molar-refractivity contribution in [1.29, 1.82) is 0 Å². The summed E-state index contributed by atoms with van der Waals surface area (Å²) in [6.45, 7) is 5.70. The molecule has 2 fully saturated rings. The number of amides is 2. The Labute approximate surface area is 143 Å². The van der Waals surface area contributed by atoms with Crippen molar-refractivity contribution >= 4 is 36.0 Å². The highest BCUT2D eigenvalue weighted by atomic mass is 35.5. The minimum absolute atomic E-state index is 0. The van der Waals surface area contributed by atoms with E-state index in [-0.39, 0.29) is 42.3 Å². The van der Waals surface area contributed by atoms with Crippen LogP contribution < -0.4 is 11.1 Å². The molecule has 1 aliphatic carbocycles. The van der Waals surface area contributed by atoms with Gasteiger partial charge in [-0.15, -0.1) is 24.2 Å². The van der Waals surface area contributed by atoms with Gasteiger partial charge in [0.2, 0.25) is 11.8 Å². The molecule has 1 atom stereocenters. The molecule has 3 N–H and O–H groups in total. The maximum atomic E-state index is 12.5. The predicted octanol–water partition coefficient (Wildman–Crippen LogP) is 1.74. The highest BCUT2D eigenvalue weighted by Gasteiger charge is 2.39. The lowest BCUT2D eigenvalue weighted by molar-refractivity contribution is -0.144. The molecule has 1 unspecified atom stereocenters. The fraction of sp³-hybridized carbons (Fsp3) is 0.867. The van der Waals surface area contributed by atoms with Crippen molar-refractivity contribution in [3.63, 3.8) is 0 Å². The number of carbonyl (C=O) groups excluding carboxylic acids is 2. The highest BCUT2D eigenvalue weighted by molar-refractivity contribution is 7.99. The minimum Gasteiger partial charge on any atom is -0.352 e. The van der Waals surface area contributed by atoms with Gasteiger partial charge >= 0.3 is 0 Å². The molecule has 0 aromatic carbocycles. The second-order valence-electron chi connectivity index (χ2n) is 7.16. The summed E-state index contributed by atoms with van der Waals surface area (Å²) < 4.78 is 0. The molecule has 0 aromatic heterocycles.